The third-order valence-corrected chi connectivity index (χ3v) is 8.38. The van der Waals surface area contributed by atoms with E-state index in [1.54, 1.807) is 0 Å². The highest BCUT2D eigenvalue weighted by atomic mass is 15.1. The molecule has 0 amide bonds. The number of benzene rings is 7. The molecule has 0 aliphatic carbocycles. The van der Waals surface area contributed by atoms with Gasteiger partial charge in [0, 0.05) is 50.5 Å². The summed E-state index contributed by atoms with van der Waals surface area (Å²) >= 11 is 0. The van der Waals surface area contributed by atoms with Gasteiger partial charge in [-0.2, -0.15) is 0 Å². The van der Waals surface area contributed by atoms with Crippen LogP contribution in [0.4, 0.5) is 34.1 Å². The normalized spacial score (nSPS) is 11.0. The molecule has 3 heteroatoms. The van der Waals surface area contributed by atoms with Crippen molar-refractivity contribution in [1.82, 2.24) is 4.98 Å². The maximum absolute atomic E-state index is 5.40. The summed E-state index contributed by atoms with van der Waals surface area (Å²) in [5.41, 5.74) is 9.57. The van der Waals surface area contributed by atoms with E-state index >= 15 is 0 Å². The van der Waals surface area contributed by atoms with E-state index in [9.17, 15) is 0 Å². The molecule has 8 rings (SSSR count). The van der Waals surface area contributed by atoms with Gasteiger partial charge in [-0.15, -0.1) is 0 Å². The number of para-hydroxylation sites is 4. The fourth-order valence-corrected chi connectivity index (χ4v) is 6.28. The largest absolute Gasteiger partial charge is 0.310 e. The smallest absolute Gasteiger partial charge is 0.0788 e. The van der Waals surface area contributed by atoms with Crippen LogP contribution in [-0.2, 0) is 0 Å². The lowest BCUT2D eigenvalue weighted by molar-refractivity contribution is 1.28. The van der Waals surface area contributed by atoms with Gasteiger partial charge in [-0.25, -0.2) is 4.98 Å². The van der Waals surface area contributed by atoms with Crippen LogP contribution in [0.2, 0.25) is 0 Å². The van der Waals surface area contributed by atoms with Crippen molar-refractivity contribution in [3.63, 3.8) is 0 Å². The first-order valence-corrected chi connectivity index (χ1v) is 15.6. The lowest BCUT2D eigenvalue weighted by Crippen LogP contribution is -2.10. The molecular formula is C43H31N3. The minimum Gasteiger partial charge on any atom is -0.310 e. The Hall–Kier alpha value is -6.19. The van der Waals surface area contributed by atoms with Crippen LogP contribution in [0.1, 0.15) is 0 Å². The zero-order valence-corrected chi connectivity index (χ0v) is 25.2. The Morgan fingerprint density at radius 2 is 0.696 bits per heavy atom. The van der Waals surface area contributed by atoms with Crippen molar-refractivity contribution >= 4 is 55.8 Å². The van der Waals surface area contributed by atoms with Gasteiger partial charge < -0.3 is 9.80 Å². The Morgan fingerprint density at radius 1 is 0.304 bits per heavy atom. The number of hydrogen-bond acceptors (Lipinski definition) is 3. The van der Waals surface area contributed by atoms with Crippen LogP contribution in [0, 0.1) is 0 Å². The molecule has 0 bridgehead atoms. The van der Waals surface area contributed by atoms with E-state index in [-0.39, 0.29) is 0 Å². The van der Waals surface area contributed by atoms with Crippen LogP contribution in [-0.4, -0.2) is 4.98 Å². The molecule has 0 unspecified atom stereocenters. The lowest BCUT2D eigenvalue weighted by atomic mass is 9.98. The van der Waals surface area contributed by atoms with Crippen molar-refractivity contribution < 1.29 is 0 Å². The molecule has 46 heavy (non-hydrogen) atoms. The average molecular weight is 590 g/mol. The van der Waals surface area contributed by atoms with Crippen LogP contribution in [0.15, 0.2) is 188 Å². The van der Waals surface area contributed by atoms with Gasteiger partial charge in [-0.05, 0) is 78.2 Å². The van der Waals surface area contributed by atoms with Gasteiger partial charge in [0.1, 0.15) is 0 Å². The first kappa shape index (κ1) is 27.4. The van der Waals surface area contributed by atoms with Gasteiger partial charge >= 0.3 is 0 Å². The van der Waals surface area contributed by atoms with Gasteiger partial charge in [0.05, 0.1) is 11.2 Å². The Kier molecular flexibility index (Phi) is 7.18. The highest BCUT2D eigenvalue weighted by Crippen LogP contribution is 2.41. The molecule has 0 saturated heterocycles. The monoisotopic (exact) mass is 589 g/mol. The number of hydrogen-bond donors (Lipinski definition) is 0. The molecule has 8 aromatic rings. The molecule has 0 radical (unpaired) electrons. The quantitative estimate of drug-likeness (QED) is 0.172. The van der Waals surface area contributed by atoms with E-state index in [1.165, 1.54) is 5.39 Å². The number of fused-ring (bicyclic) bond motifs is 3. The van der Waals surface area contributed by atoms with Crippen molar-refractivity contribution in [2.24, 2.45) is 0 Å². The summed E-state index contributed by atoms with van der Waals surface area (Å²) in [7, 11) is 0. The molecular weight excluding hydrogens is 558 g/mol. The van der Waals surface area contributed by atoms with E-state index < -0.39 is 0 Å². The fourth-order valence-electron chi connectivity index (χ4n) is 6.28. The molecule has 0 aliphatic heterocycles. The molecule has 0 atom stereocenters. The van der Waals surface area contributed by atoms with Gasteiger partial charge in [0.25, 0.3) is 0 Å². The molecule has 0 spiro atoms. The number of aromatic nitrogens is 1. The Balaban J connectivity index is 1.35. The maximum atomic E-state index is 5.40. The SMILES string of the molecule is c1ccc(-c2nc3cc(N(c4ccccc4)c4ccccc4)ccc3c3ccc(N(c4ccccc4)c4ccccc4)cc23)cc1. The second-order valence-corrected chi connectivity index (χ2v) is 11.3. The zero-order valence-electron chi connectivity index (χ0n) is 25.2. The number of nitrogens with zero attached hydrogens (tertiary/aromatic N) is 3. The van der Waals surface area contributed by atoms with E-state index in [4.69, 9.17) is 4.98 Å². The van der Waals surface area contributed by atoms with Crippen molar-refractivity contribution in [3.05, 3.63) is 188 Å². The van der Waals surface area contributed by atoms with Gasteiger partial charge in [0.2, 0.25) is 0 Å². The number of rotatable bonds is 7. The third kappa shape index (κ3) is 5.14. The number of pyridine rings is 1. The lowest BCUT2D eigenvalue weighted by Gasteiger charge is -2.27. The summed E-state index contributed by atoms with van der Waals surface area (Å²) in [6, 6.07) is 66.0. The first-order chi connectivity index (χ1) is 22.8. The van der Waals surface area contributed by atoms with Crippen LogP contribution in [0.25, 0.3) is 32.9 Å². The molecule has 7 aromatic carbocycles. The van der Waals surface area contributed by atoms with E-state index in [0.29, 0.717) is 0 Å². The molecule has 0 aliphatic rings. The van der Waals surface area contributed by atoms with Crippen LogP contribution in [0.3, 0.4) is 0 Å². The van der Waals surface area contributed by atoms with Crippen LogP contribution >= 0.6 is 0 Å². The molecule has 0 saturated carbocycles. The van der Waals surface area contributed by atoms with E-state index in [0.717, 1.165) is 61.7 Å². The Labute approximate surface area is 269 Å². The second-order valence-electron chi connectivity index (χ2n) is 11.3. The van der Waals surface area contributed by atoms with Crippen molar-refractivity contribution in [1.29, 1.82) is 0 Å². The molecule has 3 nitrogen and oxygen atoms in total. The molecule has 0 fully saturated rings. The summed E-state index contributed by atoms with van der Waals surface area (Å²) in [4.78, 5) is 10.00. The number of anilines is 6. The second kappa shape index (κ2) is 12.1. The topological polar surface area (TPSA) is 19.4 Å². The third-order valence-electron chi connectivity index (χ3n) is 8.38. The average Bonchev–Trinajstić information content (AvgIpc) is 3.13. The first-order valence-electron chi connectivity index (χ1n) is 15.6. The summed E-state index contributed by atoms with van der Waals surface area (Å²) in [5, 5.41) is 3.41. The fraction of sp³-hybridized carbons (Fsp3) is 0. The maximum Gasteiger partial charge on any atom is 0.0788 e. The summed E-state index contributed by atoms with van der Waals surface area (Å²) < 4.78 is 0. The summed E-state index contributed by atoms with van der Waals surface area (Å²) in [6.07, 6.45) is 0. The predicted octanol–water partition coefficient (Wildman–Crippen LogP) is 12.0. The molecule has 0 N–H and O–H groups in total. The van der Waals surface area contributed by atoms with Crippen LogP contribution in [0.5, 0.6) is 0 Å². The minimum absolute atomic E-state index is 0.955. The Bertz CT molecular complexity index is 2160. The van der Waals surface area contributed by atoms with Crippen molar-refractivity contribution in [3.8, 4) is 11.3 Å². The van der Waals surface area contributed by atoms with Crippen LogP contribution < -0.4 is 9.80 Å². The van der Waals surface area contributed by atoms with Crippen molar-refractivity contribution in [2.75, 3.05) is 9.80 Å². The highest BCUT2D eigenvalue weighted by Gasteiger charge is 2.18. The standard InChI is InChI=1S/C43H31N3/c1-6-16-32(17-7-1)43-41-30-37(45(33-18-8-2-9-19-33)34-20-10-3-11-21-34)26-28-39(41)40-29-27-38(31-42(40)44-43)46(35-22-12-4-13-23-35)36-24-14-5-15-25-36/h1-31H. The van der Waals surface area contributed by atoms with Crippen molar-refractivity contribution in [2.45, 2.75) is 0 Å². The van der Waals surface area contributed by atoms with E-state index in [1.807, 2.05) is 0 Å². The highest BCUT2D eigenvalue weighted by molar-refractivity contribution is 6.13. The minimum atomic E-state index is 0.955. The molecule has 218 valence electrons. The van der Waals surface area contributed by atoms with Gasteiger partial charge in [0.15, 0.2) is 0 Å². The zero-order chi connectivity index (χ0) is 30.7. The summed E-state index contributed by atoms with van der Waals surface area (Å²) in [5.74, 6) is 0. The summed E-state index contributed by atoms with van der Waals surface area (Å²) in [6.45, 7) is 0. The molecule has 1 heterocycles. The molecule has 1 aromatic heterocycles. The van der Waals surface area contributed by atoms with Gasteiger partial charge in [-0.1, -0.05) is 115 Å². The van der Waals surface area contributed by atoms with E-state index in [2.05, 4.69) is 198 Å². The van der Waals surface area contributed by atoms with Gasteiger partial charge in [-0.3, -0.25) is 0 Å². The Morgan fingerprint density at radius 3 is 1.15 bits per heavy atom. The predicted molar refractivity (Wildman–Crippen MR) is 194 cm³/mol.